The molecule has 6 rings (SSSR count). The number of nitrogens with one attached hydrogen (secondary N) is 1. The number of aromatic nitrogens is 5. The summed E-state index contributed by atoms with van der Waals surface area (Å²) in [5.74, 6) is -0.575. The number of hydrogen-bond donors (Lipinski definition) is 3. The molecule has 1 amide bonds. The number of carbonyl (C=O) groups excluding carboxylic acids is 2. The van der Waals surface area contributed by atoms with Gasteiger partial charge < -0.3 is 19.1 Å². The maximum Gasteiger partial charge on any atom is 0.343 e. The van der Waals surface area contributed by atoms with E-state index < -0.39 is 17.5 Å². The molecule has 218 valence electrons. The number of carbonyl (C=O) groups is 2. The first-order valence-electron chi connectivity index (χ1n) is 13.8. The molecular formula is C29H30N6O7. The lowest BCUT2D eigenvalue weighted by Gasteiger charge is -2.31. The Morgan fingerprint density at radius 3 is 2.81 bits per heavy atom. The van der Waals surface area contributed by atoms with E-state index in [0.717, 1.165) is 22.0 Å². The van der Waals surface area contributed by atoms with E-state index in [2.05, 4.69) is 10.3 Å². The molecule has 0 fully saturated rings. The normalized spacial score (nSPS) is 17.0. The summed E-state index contributed by atoms with van der Waals surface area (Å²) in [4.78, 5) is 42.1. The van der Waals surface area contributed by atoms with Gasteiger partial charge in [0.15, 0.2) is 5.60 Å². The van der Waals surface area contributed by atoms with Crippen molar-refractivity contribution in [3.05, 3.63) is 68.8 Å². The van der Waals surface area contributed by atoms with E-state index in [9.17, 15) is 19.5 Å². The standard InChI is InChI=1S/C29H30N6O7/c1-3-18-19-10-17(41-14-16-12-34(33-31-16)9-5-6-25(36)32-40)7-8-23(19)30-26-20(18)13-35-24(26)11-22-21(27(35)37)15-42-28(38)29(22,39)4-2/h7-8,10-12,39-40H,3-6,9,13-15H2,1-2H3,(H,32,36). The van der Waals surface area contributed by atoms with Crippen LogP contribution in [0.3, 0.4) is 0 Å². The highest BCUT2D eigenvalue weighted by atomic mass is 16.6. The number of amides is 1. The summed E-state index contributed by atoms with van der Waals surface area (Å²) >= 11 is 0. The minimum Gasteiger partial charge on any atom is -0.487 e. The molecule has 0 saturated carbocycles. The molecule has 5 heterocycles. The van der Waals surface area contributed by atoms with Crippen LogP contribution in [-0.2, 0) is 52.7 Å². The molecule has 2 aliphatic rings. The van der Waals surface area contributed by atoms with E-state index in [4.69, 9.17) is 19.7 Å². The zero-order chi connectivity index (χ0) is 29.6. The van der Waals surface area contributed by atoms with E-state index >= 15 is 0 Å². The third-order valence-electron chi connectivity index (χ3n) is 8.02. The molecule has 13 heteroatoms. The monoisotopic (exact) mass is 574 g/mol. The van der Waals surface area contributed by atoms with Crippen LogP contribution >= 0.6 is 0 Å². The van der Waals surface area contributed by atoms with Crippen LogP contribution in [0.4, 0.5) is 0 Å². The van der Waals surface area contributed by atoms with Crippen molar-refractivity contribution < 1.29 is 29.4 Å². The molecule has 0 bridgehead atoms. The van der Waals surface area contributed by atoms with Crippen LogP contribution in [0.5, 0.6) is 5.75 Å². The minimum absolute atomic E-state index is 0.0857. The summed E-state index contributed by atoms with van der Waals surface area (Å²) in [5, 5.41) is 28.8. The van der Waals surface area contributed by atoms with E-state index in [-0.39, 0.29) is 31.6 Å². The zero-order valence-corrected chi connectivity index (χ0v) is 23.2. The molecule has 4 aromatic rings. The molecule has 1 unspecified atom stereocenters. The highest BCUT2D eigenvalue weighted by molar-refractivity contribution is 5.90. The van der Waals surface area contributed by atoms with Gasteiger partial charge in [-0.3, -0.25) is 19.5 Å². The minimum atomic E-state index is -1.87. The summed E-state index contributed by atoms with van der Waals surface area (Å²) in [6.45, 7) is 4.55. The molecule has 3 aromatic heterocycles. The maximum absolute atomic E-state index is 13.5. The van der Waals surface area contributed by atoms with Crippen molar-refractivity contribution >= 4 is 22.8 Å². The van der Waals surface area contributed by atoms with Gasteiger partial charge in [0.25, 0.3) is 5.56 Å². The van der Waals surface area contributed by atoms with Gasteiger partial charge in [0, 0.05) is 29.5 Å². The van der Waals surface area contributed by atoms with Crippen molar-refractivity contribution in [2.45, 2.75) is 71.4 Å². The number of benzene rings is 1. The Morgan fingerprint density at radius 1 is 1.21 bits per heavy atom. The summed E-state index contributed by atoms with van der Waals surface area (Å²) < 4.78 is 14.4. The Labute approximate surface area is 239 Å². The lowest BCUT2D eigenvalue weighted by Crippen LogP contribution is -2.44. The number of ether oxygens (including phenoxy) is 2. The van der Waals surface area contributed by atoms with Gasteiger partial charge in [-0.25, -0.2) is 15.3 Å². The maximum atomic E-state index is 13.5. The summed E-state index contributed by atoms with van der Waals surface area (Å²) in [6.07, 6.45) is 3.20. The Morgan fingerprint density at radius 2 is 2.05 bits per heavy atom. The van der Waals surface area contributed by atoms with Crippen LogP contribution in [0.1, 0.15) is 61.1 Å². The van der Waals surface area contributed by atoms with Crippen LogP contribution in [0.2, 0.25) is 0 Å². The second kappa shape index (κ2) is 10.7. The predicted octanol–water partition coefficient (Wildman–Crippen LogP) is 2.10. The molecular weight excluding hydrogens is 544 g/mol. The number of aryl methyl sites for hydroxylation is 2. The number of hydrogen-bond acceptors (Lipinski definition) is 10. The molecule has 3 N–H and O–H groups in total. The highest BCUT2D eigenvalue weighted by Gasteiger charge is 2.45. The first kappa shape index (κ1) is 27.5. The van der Waals surface area contributed by atoms with Crippen molar-refractivity contribution in [3.8, 4) is 17.1 Å². The fourth-order valence-corrected chi connectivity index (χ4v) is 5.76. The predicted molar refractivity (Wildman–Crippen MR) is 147 cm³/mol. The van der Waals surface area contributed by atoms with Gasteiger partial charge in [-0.1, -0.05) is 19.1 Å². The first-order valence-corrected chi connectivity index (χ1v) is 13.8. The van der Waals surface area contributed by atoms with Crippen LogP contribution in [0.15, 0.2) is 35.3 Å². The third-order valence-corrected chi connectivity index (χ3v) is 8.02. The fourth-order valence-electron chi connectivity index (χ4n) is 5.76. The van der Waals surface area contributed by atoms with Crippen LogP contribution in [-0.4, -0.2) is 46.7 Å². The number of fused-ring (bicyclic) bond motifs is 5. The van der Waals surface area contributed by atoms with Crippen LogP contribution < -0.4 is 15.8 Å². The molecule has 0 radical (unpaired) electrons. The number of hydroxylamine groups is 1. The smallest absolute Gasteiger partial charge is 0.343 e. The second-order valence-corrected chi connectivity index (χ2v) is 10.5. The Kier molecular flexibility index (Phi) is 6.99. The summed E-state index contributed by atoms with van der Waals surface area (Å²) in [5.41, 5.74) is 4.59. The Bertz CT molecular complexity index is 1800. The van der Waals surface area contributed by atoms with Gasteiger partial charge in [-0.15, -0.1) is 5.10 Å². The second-order valence-electron chi connectivity index (χ2n) is 10.5. The van der Waals surface area contributed by atoms with Gasteiger partial charge in [0.1, 0.15) is 24.7 Å². The van der Waals surface area contributed by atoms with Gasteiger partial charge in [0.2, 0.25) is 5.91 Å². The molecule has 0 saturated heterocycles. The van der Waals surface area contributed by atoms with Gasteiger partial charge in [-0.2, -0.15) is 0 Å². The quantitative estimate of drug-likeness (QED) is 0.135. The molecule has 13 nitrogen and oxygen atoms in total. The van der Waals surface area contributed by atoms with E-state index in [0.29, 0.717) is 59.9 Å². The van der Waals surface area contributed by atoms with Gasteiger partial charge in [-0.05, 0) is 49.1 Å². The van der Waals surface area contributed by atoms with E-state index in [1.165, 1.54) is 0 Å². The number of cyclic esters (lactones) is 1. The van der Waals surface area contributed by atoms with E-state index in [1.807, 2.05) is 25.1 Å². The Balaban J connectivity index is 1.28. The number of esters is 1. The highest BCUT2D eigenvalue weighted by Crippen LogP contribution is 2.40. The topological polar surface area (TPSA) is 171 Å². The molecule has 1 aromatic carbocycles. The SMILES string of the molecule is CCc1c2c(nc3ccc(OCc4cn(CCCC(=O)NO)nn4)cc13)-c1cc3c(c(=O)n1C2)COC(=O)C3(O)CC. The number of pyridine rings is 2. The van der Waals surface area contributed by atoms with Crippen molar-refractivity contribution in [2.75, 3.05) is 0 Å². The molecule has 0 spiro atoms. The lowest BCUT2D eigenvalue weighted by molar-refractivity contribution is -0.172. The molecule has 2 aliphatic heterocycles. The van der Waals surface area contributed by atoms with Crippen molar-refractivity contribution in [1.29, 1.82) is 0 Å². The summed E-state index contributed by atoms with van der Waals surface area (Å²) in [6, 6.07) is 7.33. The third kappa shape index (κ3) is 4.50. The van der Waals surface area contributed by atoms with Crippen LogP contribution in [0, 0.1) is 0 Å². The average Bonchev–Trinajstić information content (AvgIpc) is 3.61. The number of nitrogens with zero attached hydrogens (tertiary/aromatic N) is 5. The number of rotatable bonds is 9. The van der Waals surface area contributed by atoms with Gasteiger partial charge in [0.05, 0.1) is 35.2 Å². The van der Waals surface area contributed by atoms with Crippen molar-refractivity contribution in [1.82, 2.24) is 30.0 Å². The van der Waals surface area contributed by atoms with Crippen LogP contribution in [0.25, 0.3) is 22.3 Å². The lowest BCUT2D eigenvalue weighted by atomic mass is 9.86. The largest absolute Gasteiger partial charge is 0.487 e. The molecule has 42 heavy (non-hydrogen) atoms. The molecule has 0 aliphatic carbocycles. The summed E-state index contributed by atoms with van der Waals surface area (Å²) in [7, 11) is 0. The van der Waals surface area contributed by atoms with Crippen molar-refractivity contribution in [3.63, 3.8) is 0 Å². The number of aliphatic hydroxyl groups is 1. The average molecular weight is 575 g/mol. The zero-order valence-electron chi connectivity index (χ0n) is 23.2. The van der Waals surface area contributed by atoms with Gasteiger partial charge >= 0.3 is 5.97 Å². The van der Waals surface area contributed by atoms with E-state index in [1.54, 1.807) is 33.9 Å². The van der Waals surface area contributed by atoms with Crippen molar-refractivity contribution in [2.24, 2.45) is 0 Å². The fraction of sp³-hybridized carbons (Fsp3) is 0.379. The Hall–Kier alpha value is -4.62. The molecule has 1 atom stereocenters. The first-order chi connectivity index (χ1) is 20.3.